The lowest BCUT2D eigenvalue weighted by Crippen LogP contribution is -2.14. The van der Waals surface area contributed by atoms with Crippen molar-refractivity contribution < 1.29 is 0 Å². The molecule has 0 aliphatic rings. The number of aryl methyl sites for hydroxylation is 2. The van der Waals surface area contributed by atoms with Gasteiger partial charge in [0.1, 0.15) is 10.0 Å². The van der Waals surface area contributed by atoms with E-state index >= 15 is 0 Å². The standard InChI is InChI=1S/C12H23N3S/c1-4-13-9-5-6-11-14-15-12(16-11)8-7-10(2)3/h10,13H,4-9H2,1-3H3. The average molecular weight is 241 g/mol. The normalized spacial score (nSPS) is 11.2. The van der Waals surface area contributed by atoms with Crippen molar-refractivity contribution in [2.45, 2.75) is 46.5 Å². The van der Waals surface area contributed by atoms with E-state index in [9.17, 15) is 0 Å². The van der Waals surface area contributed by atoms with Crippen LogP contribution in [-0.4, -0.2) is 23.3 Å². The minimum absolute atomic E-state index is 0.751. The number of aromatic nitrogens is 2. The van der Waals surface area contributed by atoms with Crippen LogP contribution in [0, 0.1) is 5.92 Å². The van der Waals surface area contributed by atoms with Crippen LogP contribution in [0.5, 0.6) is 0 Å². The first-order valence-electron chi connectivity index (χ1n) is 6.24. The number of nitrogens with one attached hydrogen (secondary N) is 1. The summed E-state index contributed by atoms with van der Waals surface area (Å²) in [6, 6.07) is 0. The second-order valence-electron chi connectivity index (χ2n) is 4.48. The molecule has 0 saturated heterocycles. The molecule has 1 rings (SSSR count). The van der Waals surface area contributed by atoms with Crippen molar-refractivity contribution in [3.05, 3.63) is 10.0 Å². The molecule has 0 aromatic carbocycles. The number of hydrogen-bond acceptors (Lipinski definition) is 4. The molecule has 1 heterocycles. The lowest BCUT2D eigenvalue weighted by atomic mass is 10.1. The van der Waals surface area contributed by atoms with Crippen LogP contribution in [0.25, 0.3) is 0 Å². The molecule has 0 aliphatic heterocycles. The first kappa shape index (κ1) is 13.6. The van der Waals surface area contributed by atoms with Gasteiger partial charge in [-0.2, -0.15) is 0 Å². The van der Waals surface area contributed by atoms with E-state index in [0.29, 0.717) is 0 Å². The molecule has 0 fully saturated rings. The van der Waals surface area contributed by atoms with Crippen LogP contribution in [0.3, 0.4) is 0 Å². The molecular weight excluding hydrogens is 218 g/mol. The molecule has 1 N–H and O–H groups in total. The Morgan fingerprint density at radius 2 is 1.88 bits per heavy atom. The fraction of sp³-hybridized carbons (Fsp3) is 0.833. The van der Waals surface area contributed by atoms with Gasteiger partial charge < -0.3 is 5.32 Å². The fourth-order valence-corrected chi connectivity index (χ4v) is 2.35. The van der Waals surface area contributed by atoms with Crippen LogP contribution in [0.15, 0.2) is 0 Å². The third-order valence-corrected chi connectivity index (χ3v) is 3.48. The molecule has 0 bridgehead atoms. The Bertz CT molecular complexity index is 284. The predicted molar refractivity (Wildman–Crippen MR) is 69.9 cm³/mol. The minimum atomic E-state index is 0.751. The monoisotopic (exact) mass is 241 g/mol. The fourth-order valence-electron chi connectivity index (χ4n) is 1.44. The Hall–Kier alpha value is -0.480. The third-order valence-electron chi connectivity index (χ3n) is 2.44. The topological polar surface area (TPSA) is 37.8 Å². The second-order valence-corrected chi connectivity index (χ2v) is 5.63. The van der Waals surface area contributed by atoms with Crippen molar-refractivity contribution in [2.24, 2.45) is 5.92 Å². The molecule has 1 aromatic rings. The van der Waals surface area contributed by atoms with E-state index in [0.717, 1.165) is 38.3 Å². The highest BCUT2D eigenvalue weighted by molar-refractivity contribution is 7.11. The van der Waals surface area contributed by atoms with E-state index in [1.165, 1.54) is 16.4 Å². The zero-order valence-corrected chi connectivity index (χ0v) is 11.4. The van der Waals surface area contributed by atoms with Gasteiger partial charge in [-0.1, -0.05) is 20.8 Å². The molecular formula is C12H23N3S. The zero-order valence-electron chi connectivity index (χ0n) is 10.6. The van der Waals surface area contributed by atoms with Crippen molar-refractivity contribution in [3.8, 4) is 0 Å². The molecule has 4 heteroatoms. The molecule has 16 heavy (non-hydrogen) atoms. The van der Waals surface area contributed by atoms with Gasteiger partial charge in [0.25, 0.3) is 0 Å². The van der Waals surface area contributed by atoms with Crippen LogP contribution in [0.1, 0.15) is 43.6 Å². The molecule has 0 radical (unpaired) electrons. The molecule has 0 amide bonds. The molecule has 92 valence electrons. The summed E-state index contributed by atoms with van der Waals surface area (Å²) in [5, 5.41) is 14.2. The van der Waals surface area contributed by atoms with E-state index in [-0.39, 0.29) is 0 Å². The van der Waals surface area contributed by atoms with E-state index in [1.54, 1.807) is 11.3 Å². The smallest absolute Gasteiger partial charge is 0.117 e. The molecule has 0 atom stereocenters. The molecule has 0 spiro atoms. The summed E-state index contributed by atoms with van der Waals surface area (Å²) >= 11 is 1.78. The lowest BCUT2D eigenvalue weighted by molar-refractivity contribution is 0.583. The van der Waals surface area contributed by atoms with Gasteiger partial charge in [0.2, 0.25) is 0 Å². The summed E-state index contributed by atoms with van der Waals surface area (Å²) in [5.41, 5.74) is 0. The van der Waals surface area contributed by atoms with Crippen LogP contribution >= 0.6 is 11.3 Å². The predicted octanol–water partition coefficient (Wildman–Crippen LogP) is 2.67. The Morgan fingerprint density at radius 3 is 2.50 bits per heavy atom. The molecule has 0 unspecified atom stereocenters. The highest BCUT2D eigenvalue weighted by Gasteiger charge is 2.04. The highest BCUT2D eigenvalue weighted by atomic mass is 32.1. The largest absolute Gasteiger partial charge is 0.317 e. The summed E-state index contributed by atoms with van der Waals surface area (Å²) in [6.45, 7) is 8.76. The van der Waals surface area contributed by atoms with Gasteiger partial charge in [0, 0.05) is 12.8 Å². The maximum absolute atomic E-state index is 4.24. The van der Waals surface area contributed by atoms with Gasteiger partial charge in [0.05, 0.1) is 0 Å². The summed E-state index contributed by atoms with van der Waals surface area (Å²) in [7, 11) is 0. The Labute approximate surface area is 103 Å². The summed E-state index contributed by atoms with van der Waals surface area (Å²) in [4.78, 5) is 0. The summed E-state index contributed by atoms with van der Waals surface area (Å²) < 4.78 is 0. The van der Waals surface area contributed by atoms with Crippen molar-refractivity contribution in [1.82, 2.24) is 15.5 Å². The molecule has 0 aliphatic carbocycles. The van der Waals surface area contributed by atoms with Gasteiger partial charge in [-0.05, 0) is 31.8 Å². The Morgan fingerprint density at radius 1 is 1.19 bits per heavy atom. The molecule has 3 nitrogen and oxygen atoms in total. The van der Waals surface area contributed by atoms with Crippen molar-refractivity contribution in [3.63, 3.8) is 0 Å². The minimum Gasteiger partial charge on any atom is -0.317 e. The Kier molecular flexibility index (Phi) is 6.57. The first-order valence-corrected chi connectivity index (χ1v) is 7.06. The van der Waals surface area contributed by atoms with E-state index in [4.69, 9.17) is 0 Å². The SMILES string of the molecule is CCNCCCc1nnc(CCC(C)C)s1. The van der Waals surface area contributed by atoms with Gasteiger partial charge in [0.15, 0.2) is 0 Å². The van der Waals surface area contributed by atoms with Crippen LogP contribution in [0.4, 0.5) is 0 Å². The number of hydrogen-bond donors (Lipinski definition) is 1. The number of rotatable bonds is 8. The van der Waals surface area contributed by atoms with E-state index in [1.807, 2.05) is 0 Å². The zero-order chi connectivity index (χ0) is 11.8. The van der Waals surface area contributed by atoms with Gasteiger partial charge in [-0.25, -0.2) is 0 Å². The van der Waals surface area contributed by atoms with Gasteiger partial charge in [-0.15, -0.1) is 21.5 Å². The average Bonchev–Trinajstić information content (AvgIpc) is 2.70. The van der Waals surface area contributed by atoms with Crippen LogP contribution < -0.4 is 5.32 Å². The highest BCUT2D eigenvalue weighted by Crippen LogP contribution is 2.15. The van der Waals surface area contributed by atoms with E-state index in [2.05, 4.69) is 36.3 Å². The van der Waals surface area contributed by atoms with Crippen LogP contribution in [-0.2, 0) is 12.8 Å². The van der Waals surface area contributed by atoms with Gasteiger partial charge >= 0.3 is 0 Å². The number of nitrogens with zero attached hydrogens (tertiary/aromatic N) is 2. The maximum Gasteiger partial charge on any atom is 0.117 e. The Balaban J connectivity index is 2.22. The molecule has 0 saturated carbocycles. The lowest BCUT2D eigenvalue weighted by Gasteiger charge is -1.99. The third kappa shape index (κ3) is 5.56. The summed E-state index contributed by atoms with van der Waals surface area (Å²) in [5.74, 6) is 0.751. The van der Waals surface area contributed by atoms with Crippen LogP contribution in [0.2, 0.25) is 0 Å². The van der Waals surface area contributed by atoms with Crippen molar-refractivity contribution in [1.29, 1.82) is 0 Å². The molecule has 1 aromatic heterocycles. The van der Waals surface area contributed by atoms with E-state index < -0.39 is 0 Å². The van der Waals surface area contributed by atoms with Crippen molar-refractivity contribution >= 4 is 11.3 Å². The first-order chi connectivity index (χ1) is 7.72. The van der Waals surface area contributed by atoms with Crippen molar-refractivity contribution in [2.75, 3.05) is 13.1 Å². The second kappa shape index (κ2) is 7.74. The summed E-state index contributed by atoms with van der Waals surface area (Å²) in [6.07, 6.45) is 4.52. The van der Waals surface area contributed by atoms with Gasteiger partial charge in [-0.3, -0.25) is 0 Å². The maximum atomic E-state index is 4.24. The quantitative estimate of drug-likeness (QED) is 0.711.